The first-order chi connectivity index (χ1) is 8.81. The monoisotopic (exact) mass is 262 g/mol. The van der Waals surface area contributed by atoms with Crippen molar-refractivity contribution in [3.63, 3.8) is 0 Å². The molecule has 0 unspecified atom stereocenters. The van der Waals surface area contributed by atoms with E-state index in [4.69, 9.17) is 4.74 Å². The molecular weight excluding hydrogens is 248 g/mol. The van der Waals surface area contributed by atoms with E-state index in [1.54, 1.807) is 31.3 Å². The van der Waals surface area contributed by atoms with Crippen LogP contribution in [0.3, 0.4) is 0 Å². The van der Waals surface area contributed by atoms with Crippen LogP contribution in [0, 0.1) is 0 Å². The maximum absolute atomic E-state index is 5.01. The van der Waals surface area contributed by atoms with E-state index in [-0.39, 0.29) is 0 Å². The molecule has 0 aliphatic heterocycles. The van der Waals surface area contributed by atoms with Crippen molar-refractivity contribution in [2.45, 2.75) is 11.6 Å². The quantitative estimate of drug-likeness (QED) is 0.834. The average molecular weight is 262 g/mol. The summed E-state index contributed by atoms with van der Waals surface area (Å²) in [5.41, 5.74) is 1.09. The molecule has 0 saturated heterocycles. The molecule has 5 nitrogen and oxygen atoms in total. The predicted octanol–water partition coefficient (Wildman–Crippen LogP) is 2.21. The van der Waals surface area contributed by atoms with Gasteiger partial charge >= 0.3 is 0 Å². The number of anilines is 1. The van der Waals surface area contributed by atoms with Crippen LogP contribution in [0.1, 0.15) is 5.56 Å². The van der Waals surface area contributed by atoms with E-state index in [2.05, 4.69) is 20.3 Å². The second kappa shape index (κ2) is 6.20. The summed E-state index contributed by atoms with van der Waals surface area (Å²) < 4.78 is 5.01. The maximum Gasteiger partial charge on any atom is 0.233 e. The van der Waals surface area contributed by atoms with E-state index in [1.807, 2.05) is 24.6 Å². The van der Waals surface area contributed by atoms with Crippen molar-refractivity contribution in [2.24, 2.45) is 0 Å². The fourth-order valence-corrected chi connectivity index (χ4v) is 1.72. The van der Waals surface area contributed by atoms with Crippen molar-refractivity contribution >= 4 is 17.6 Å². The predicted molar refractivity (Wildman–Crippen MR) is 71.9 cm³/mol. The second-order valence-corrected chi connectivity index (χ2v) is 4.34. The molecule has 18 heavy (non-hydrogen) atoms. The number of rotatable bonds is 5. The third kappa shape index (κ3) is 3.33. The molecule has 0 aliphatic rings. The lowest BCUT2D eigenvalue weighted by molar-refractivity contribution is 0.396. The molecule has 2 heterocycles. The zero-order chi connectivity index (χ0) is 12.8. The Morgan fingerprint density at radius 2 is 2.17 bits per heavy atom. The van der Waals surface area contributed by atoms with Gasteiger partial charge in [0.1, 0.15) is 5.82 Å². The third-order valence-corrected chi connectivity index (χ3v) is 2.96. The zero-order valence-electron chi connectivity index (χ0n) is 10.3. The molecule has 1 N–H and O–H groups in total. The fourth-order valence-electron chi connectivity index (χ4n) is 1.36. The van der Waals surface area contributed by atoms with Gasteiger partial charge < -0.3 is 10.1 Å². The summed E-state index contributed by atoms with van der Waals surface area (Å²) in [5, 5.41) is 4.19. The van der Waals surface area contributed by atoms with Gasteiger partial charge in [-0.05, 0) is 17.9 Å². The van der Waals surface area contributed by atoms with Gasteiger partial charge in [-0.2, -0.15) is 4.98 Å². The van der Waals surface area contributed by atoms with Crippen LogP contribution < -0.4 is 10.1 Å². The van der Waals surface area contributed by atoms with E-state index in [1.165, 1.54) is 0 Å². The molecule has 0 spiro atoms. The Bertz CT molecular complexity index is 504. The molecule has 0 amide bonds. The second-order valence-electron chi connectivity index (χ2n) is 3.51. The summed E-state index contributed by atoms with van der Waals surface area (Å²) in [4.78, 5) is 12.6. The number of hydrogen-bond donors (Lipinski definition) is 1. The molecule has 2 aromatic rings. The molecule has 2 aromatic heterocycles. The third-order valence-electron chi connectivity index (χ3n) is 2.30. The Balaban J connectivity index is 1.97. The highest BCUT2D eigenvalue weighted by Crippen LogP contribution is 2.13. The highest BCUT2D eigenvalue weighted by atomic mass is 32.2. The Labute approximate surface area is 110 Å². The highest BCUT2D eigenvalue weighted by Gasteiger charge is 1.99. The van der Waals surface area contributed by atoms with Gasteiger partial charge in [0.25, 0.3) is 0 Å². The molecule has 0 aromatic carbocycles. The minimum atomic E-state index is 0.496. The van der Waals surface area contributed by atoms with Crippen LogP contribution in [0.4, 0.5) is 5.82 Å². The number of thioether (sulfide) groups is 1. The van der Waals surface area contributed by atoms with Crippen molar-refractivity contribution in [3.8, 4) is 5.88 Å². The van der Waals surface area contributed by atoms with Gasteiger partial charge in [-0.15, -0.1) is 11.8 Å². The van der Waals surface area contributed by atoms with Crippen LogP contribution in [0.15, 0.2) is 35.7 Å². The van der Waals surface area contributed by atoms with Crippen molar-refractivity contribution in [1.82, 2.24) is 15.0 Å². The Morgan fingerprint density at radius 3 is 2.83 bits per heavy atom. The number of hydrogen-bond acceptors (Lipinski definition) is 6. The molecule has 0 atom stereocenters. The molecular formula is C12H14N4OS. The minimum Gasteiger partial charge on any atom is -0.480 e. The Hall–Kier alpha value is -1.82. The maximum atomic E-state index is 5.01. The molecule has 0 fully saturated rings. The summed E-state index contributed by atoms with van der Waals surface area (Å²) in [5.74, 6) is 1.18. The molecule has 94 valence electrons. The number of pyridine rings is 1. The molecule has 0 aliphatic carbocycles. The van der Waals surface area contributed by atoms with Crippen molar-refractivity contribution in [1.29, 1.82) is 0 Å². The first kappa shape index (κ1) is 12.6. The van der Waals surface area contributed by atoms with Crippen LogP contribution >= 0.6 is 11.8 Å². The Morgan fingerprint density at radius 1 is 1.28 bits per heavy atom. The van der Waals surface area contributed by atoms with Crippen LogP contribution in [-0.4, -0.2) is 28.3 Å². The number of ether oxygens (including phenoxy) is 1. The van der Waals surface area contributed by atoms with E-state index < -0.39 is 0 Å². The molecule has 6 heteroatoms. The van der Waals surface area contributed by atoms with Gasteiger partial charge in [0, 0.05) is 12.7 Å². The first-order valence-corrected chi connectivity index (χ1v) is 6.63. The van der Waals surface area contributed by atoms with Crippen molar-refractivity contribution in [2.75, 3.05) is 18.7 Å². The molecule has 0 saturated carbocycles. The van der Waals surface area contributed by atoms with Crippen LogP contribution in [0.2, 0.25) is 0 Å². The number of nitrogens with zero attached hydrogens (tertiary/aromatic N) is 3. The highest BCUT2D eigenvalue weighted by molar-refractivity contribution is 7.98. The summed E-state index contributed by atoms with van der Waals surface area (Å²) >= 11 is 1.63. The van der Waals surface area contributed by atoms with Gasteiger partial charge in [-0.25, -0.2) is 4.98 Å². The number of nitrogens with one attached hydrogen (secondary N) is 1. The van der Waals surface area contributed by atoms with E-state index in [0.29, 0.717) is 18.2 Å². The van der Waals surface area contributed by atoms with Gasteiger partial charge in [0.05, 0.1) is 24.5 Å². The summed E-state index contributed by atoms with van der Waals surface area (Å²) in [6.07, 6.45) is 7.09. The van der Waals surface area contributed by atoms with Gasteiger partial charge in [0.15, 0.2) is 0 Å². The van der Waals surface area contributed by atoms with Crippen LogP contribution in [0.25, 0.3) is 0 Å². The summed E-state index contributed by atoms with van der Waals surface area (Å²) in [6, 6.07) is 4.04. The van der Waals surface area contributed by atoms with Crippen molar-refractivity contribution < 1.29 is 4.74 Å². The van der Waals surface area contributed by atoms with Gasteiger partial charge in [0.2, 0.25) is 5.88 Å². The summed E-state index contributed by atoms with van der Waals surface area (Å²) in [6.45, 7) is 0.656. The van der Waals surface area contributed by atoms with Crippen molar-refractivity contribution in [3.05, 3.63) is 36.3 Å². The lowest BCUT2D eigenvalue weighted by Gasteiger charge is -2.06. The molecule has 2 rings (SSSR count). The van der Waals surface area contributed by atoms with Gasteiger partial charge in [-0.3, -0.25) is 4.98 Å². The minimum absolute atomic E-state index is 0.496. The molecule has 0 radical (unpaired) electrons. The fraction of sp³-hybridized carbons (Fsp3) is 0.250. The Kier molecular flexibility index (Phi) is 4.35. The van der Waals surface area contributed by atoms with E-state index >= 15 is 0 Å². The lowest BCUT2D eigenvalue weighted by atomic mass is 10.3. The normalized spacial score (nSPS) is 10.1. The molecule has 0 bridgehead atoms. The van der Waals surface area contributed by atoms with Crippen LogP contribution in [0.5, 0.6) is 5.88 Å². The number of methoxy groups -OCH3 is 1. The smallest absolute Gasteiger partial charge is 0.233 e. The standard InChI is InChI=1S/C12H14N4OS/c1-17-11-8-13-7-10(16-11)14-5-9-3-4-12(18-2)15-6-9/h3-4,6-8H,5H2,1-2H3,(H,14,16). The SMILES string of the molecule is COc1cncc(NCc2ccc(SC)nc2)n1. The average Bonchev–Trinajstić information content (AvgIpc) is 2.46. The topological polar surface area (TPSA) is 59.9 Å². The van der Waals surface area contributed by atoms with E-state index in [0.717, 1.165) is 10.6 Å². The zero-order valence-corrected chi connectivity index (χ0v) is 11.1. The number of aromatic nitrogens is 3. The first-order valence-electron chi connectivity index (χ1n) is 5.40. The van der Waals surface area contributed by atoms with Gasteiger partial charge in [-0.1, -0.05) is 6.07 Å². The van der Waals surface area contributed by atoms with E-state index in [9.17, 15) is 0 Å². The van der Waals surface area contributed by atoms with Crippen LogP contribution in [-0.2, 0) is 6.54 Å². The lowest BCUT2D eigenvalue weighted by Crippen LogP contribution is -2.03. The largest absolute Gasteiger partial charge is 0.480 e. The summed E-state index contributed by atoms with van der Waals surface area (Å²) in [7, 11) is 1.57.